The molecule has 3 heterocycles. The van der Waals surface area contributed by atoms with Gasteiger partial charge in [-0.1, -0.05) is 18.2 Å². The van der Waals surface area contributed by atoms with Crippen LogP contribution in [0.2, 0.25) is 0 Å². The third-order valence-electron chi connectivity index (χ3n) is 4.76. The number of carbonyl (C=O) groups is 1. The first-order valence-electron chi connectivity index (χ1n) is 7.98. The van der Waals surface area contributed by atoms with Gasteiger partial charge in [0.2, 0.25) is 5.91 Å². The van der Waals surface area contributed by atoms with Gasteiger partial charge in [-0.15, -0.1) is 11.3 Å². The maximum atomic E-state index is 12.4. The van der Waals surface area contributed by atoms with Crippen molar-refractivity contribution in [2.24, 2.45) is 5.92 Å². The number of fused-ring (bicyclic) bond motifs is 1. The van der Waals surface area contributed by atoms with Gasteiger partial charge < -0.3 is 16.0 Å². The average molecular weight is 325 g/mol. The Morgan fingerprint density at radius 1 is 1.35 bits per heavy atom. The molecule has 0 aliphatic carbocycles. The quantitative estimate of drug-likeness (QED) is 0.757. The molecule has 118 valence electrons. The Morgan fingerprint density at radius 3 is 3.00 bits per heavy atom. The third kappa shape index (κ3) is 2.71. The van der Waals surface area contributed by atoms with Crippen molar-refractivity contribution in [2.45, 2.75) is 18.8 Å². The summed E-state index contributed by atoms with van der Waals surface area (Å²) in [6.45, 7) is 1.90. The Bertz CT molecular complexity index is 748. The van der Waals surface area contributed by atoms with E-state index in [1.807, 2.05) is 29.6 Å². The summed E-state index contributed by atoms with van der Waals surface area (Å²) in [5.74, 6) is 0.457. The zero-order valence-electron chi connectivity index (χ0n) is 12.8. The highest BCUT2D eigenvalue weighted by molar-refractivity contribution is 7.12. The summed E-state index contributed by atoms with van der Waals surface area (Å²) in [4.78, 5) is 13.4. The maximum Gasteiger partial charge on any atom is 0.232 e. The lowest BCUT2D eigenvalue weighted by Gasteiger charge is -2.16. The van der Waals surface area contributed by atoms with Gasteiger partial charge in [0.25, 0.3) is 0 Å². The number of hydrogen-bond donors (Lipinski definition) is 3. The zero-order chi connectivity index (χ0) is 15.8. The normalized spacial score (nSPS) is 22.9. The highest BCUT2D eigenvalue weighted by atomic mass is 32.1. The minimum absolute atomic E-state index is 0.0455. The van der Waals surface area contributed by atoms with E-state index in [-0.39, 0.29) is 11.8 Å². The van der Waals surface area contributed by atoms with Crippen molar-refractivity contribution in [3.63, 3.8) is 0 Å². The molecule has 2 aliphatic rings. The largest absolute Gasteiger partial charge is 0.325 e. The van der Waals surface area contributed by atoms with Crippen LogP contribution in [0.3, 0.4) is 0 Å². The Balaban J connectivity index is 1.60. The lowest BCUT2D eigenvalue weighted by Crippen LogP contribution is -2.22. The first kappa shape index (κ1) is 14.6. The van der Waals surface area contributed by atoms with Gasteiger partial charge in [-0.25, -0.2) is 0 Å². The molecule has 0 bridgehead atoms. The van der Waals surface area contributed by atoms with E-state index in [1.165, 1.54) is 0 Å². The van der Waals surface area contributed by atoms with Gasteiger partial charge in [0.1, 0.15) is 0 Å². The van der Waals surface area contributed by atoms with Crippen LogP contribution in [0.5, 0.6) is 0 Å². The van der Waals surface area contributed by atoms with E-state index in [2.05, 4.69) is 16.7 Å². The third-order valence-corrected chi connectivity index (χ3v) is 5.69. The molecule has 2 atom stereocenters. The number of anilines is 1. The molecule has 23 heavy (non-hydrogen) atoms. The van der Waals surface area contributed by atoms with E-state index in [1.54, 1.807) is 11.3 Å². The molecule has 1 saturated heterocycles. The second-order valence-corrected chi connectivity index (χ2v) is 7.22. The summed E-state index contributed by atoms with van der Waals surface area (Å²) in [5.41, 5.74) is 3.80. The van der Waals surface area contributed by atoms with Crippen molar-refractivity contribution < 1.29 is 4.79 Å². The summed E-state index contributed by atoms with van der Waals surface area (Å²) in [6.07, 6.45) is 1.66. The molecular weight excluding hydrogens is 306 g/mol. The van der Waals surface area contributed by atoms with Crippen LogP contribution in [0, 0.1) is 11.3 Å². The molecule has 1 aromatic carbocycles. The van der Waals surface area contributed by atoms with E-state index in [9.17, 15) is 4.79 Å². The van der Waals surface area contributed by atoms with Crippen molar-refractivity contribution >= 4 is 28.6 Å². The summed E-state index contributed by atoms with van der Waals surface area (Å²) in [5, 5.41) is 16.6. The van der Waals surface area contributed by atoms with Gasteiger partial charge in [0, 0.05) is 17.0 Å². The van der Waals surface area contributed by atoms with Crippen LogP contribution in [-0.4, -0.2) is 24.7 Å². The molecule has 4 nitrogen and oxygen atoms in total. The summed E-state index contributed by atoms with van der Waals surface area (Å²) in [6, 6.07) is 10.1. The topological polar surface area (TPSA) is 65.0 Å². The Kier molecular flexibility index (Phi) is 3.75. The minimum Gasteiger partial charge on any atom is -0.325 e. The molecule has 1 amide bonds. The smallest absolute Gasteiger partial charge is 0.232 e. The van der Waals surface area contributed by atoms with Gasteiger partial charge in [0.15, 0.2) is 0 Å². The predicted octanol–water partition coefficient (Wildman–Crippen LogP) is 3.00. The van der Waals surface area contributed by atoms with Crippen molar-refractivity contribution in [2.75, 3.05) is 18.4 Å². The summed E-state index contributed by atoms with van der Waals surface area (Å²) >= 11 is 1.60. The highest BCUT2D eigenvalue weighted by Crippen LogP contribution is 2.40. The van der Waals surface area contributed by atoms with Crippen LogP contribution < -0.4 is 10.6 Å². The molecule has 3 N–H and O–H groups in total. The van der Waals surface area contributed by atoms with E-state index in [4.69, 9.17) is 5.41 Å². The first-order valence-corrected chi connectivity index (χ1v) is 8.86. The number of rotatable bonds is 4. The second kappa shape index (κ2) is 5.91. The van der Waals surface area contributed by atoms with E-state index < -0.39 is 0 Å². The molecule has 0 spiro atoms. The van der Waals surface area contributed by atoms with Gasteiger partial charge >= 0.3 is 0 Å². The molecule has 0 saturated carbocycles. The summed E-state index contributed by atoms with van der Waals surface area (Å²) in [7, 11) is 0. The van der Waals surface area contributed by atoms with Gasteiger partial charge in [-0.2, -0.15) is 0 Å². The fourth-order valence-corrected chi connectivity index (χ4v) is 4.29. The Hall–Kier alpha value is -1.98. The van der Waals surface area contributed by atoms with E-state index in [0.29, 0.717) is 18.1 Å². The maximum absolute atomic E-state index is 12.4. The molecule has 2 aliphatic heterocycles. The van der Waals surface area contributed by atoms with Crippen LogP contribution in [0.15, 0.2) is 35.7 Å². The van der Waals surface area contributed by atoms with Crippen LogP contribution in [0.25, 0.3) is 0 Å². The Labute approximate surface area is 139 Å². The van der Waals surface area contributed by atoms with E-state index in [0.717, 1.165) is 41.2 Å². The number of hydrogen-bond acceptors (Lipinski definition) is 4. The number of carbonyl (C=O) groups excluding carboxylic acids is 1. The number of benzene rings is 1. The second-order valence-electron chi connectivity index (χ2n) is 6.27. The molecule has 5 heteroatoms. The molecule has 0 radical (unpaired) electrons. The van der Waals surface area contributed by atoms with Crippen molar-refractivity contribution in [3.05, 3.63) is 51.7 Å². The first-order chi connectivity index (χ1) is 11.2. The van der Waals surface area contributed by atoms with Crippen LogP contribution in [-0.2, 0) is 11.2 Å². The van der Waals surface area contributed by atoms with Crippen molar-refractivity contribution in [1.82, 2.24) is 5.32 Å². The van der Waals surface area contributed by atoms with Gasteiger partial charge in [-0.05, 0) is 54.1 Å². The fourth-order valence-electron chi connectivity index (χ4n) is 3.62. The number of nitrogens with one attached hydrogen (secondary N) is 3. The number of amides is 1. The molecule has 2 unspecified atom stereocenters. The zero-order valence-corrected chi connectivity index (χ0v) is 13.6. The van der Waals surface area contributed by atoms with Crippen molar-refractivity contribution in [1.29, 1.82) is 5.41 Å². The molecule has 2 aromatic rings. The number of thiophene rings is 1. The lowest BCUT2D eigenvalue weighted by molar-refractivity contribution is -0.118. The van der Waals surface area contributed by atoms with Gasteiger partial charge in [-0.3, -0.25) is 4.79 Å². The van der Waals surface area contributed by atoms with Crippen LogP contribution in [0.4, 0.5) is 5.69 Å². The fraction of sp³-hybridized carbons (Fsp3) is 0.333. The van der Waals surface area contributed by atoms with Crippen molar-refractivity contribution in [3.8, 4) is 0 Å². The molecule has 4 rings (SSSR count). The predicted molar refractivity (Wildman–Crippen MR) is 93.6 cm³/mol. The standard InChI is InChI=1S/C18H19N3OS/c19-14(16-2-1-7-23-16)9-11-3-4-15-13(8-11)17(18(22)21-15)12-5-6-20-10-12/h1-4,7-8,12,17,19-20H,5-6,9-10H2,(H,21,22). The monoisotopic (exact) mass is 325 g/mol. The Morgan fingerprint density at radius 2 is 2.26 bits per heavy atom. The minimum atomic E-state index is -0.0455. The lowest BCUT2D eigenvalue weighted by atomic mass is 9.85. The summed E-state index contributed by atoms with van der Waals surface area (Å²) < 4.78 is 0. The van der Waals surface area contributed by atoms with E-state index >= 15 is 0 Å². The molecular formula is C18H19N3OS. The molecule has 1 fully saturated rings. The van der Waals surface area contributed by atoms with Gasteiger partial charge in [0.05, 0.1) is 11.6 Å². The van der Waals surface area contributed by atoms with Crippen LogP contribution >= 0.6 is 11.3 Å². The molecule has 1 aromatic heterocycles. The SMILES string of the molecule is N=C(Cc1ccc2c(c1)C(C1CCNC1)C(=O)N2)c1cccs1. The average Bonchev–Trinajstić information content (AvgIpc) is 3.27. The van der Waals surface area contributed by atoms with Crippen LogP contribution in [0.1, 0.15) is 28.3 Å². The highest BCUT2D eigenvalue weighted by Gasteiger charge is 2.38.